The van der Waals surface area contributed by atoms with Crippen LogP contribution in [0.5, 0.6) is 23.0 Å². The molecule has 3 aromatic carbocycles. The van der Waals surface area contributed by atoms with Gasteiger partial charge in [0.2, 0.25) is 0 Å². The second-order valence-electron chi connectivity index (χ2n) is 16.2. The summed E-state index contributed by atoms with van der Waals surface area (Å²) < 4.78 is 29.9. The highest BCUT2D eigenvalue weighted by Gasteiger charge is 2.50. The summed E-state index contributed by atoms with van der Waals surface area (Å²) in [6.45, 7) is 14.1. The number of aliphatic hydroxyl groups excluding tert-OH is 2. The number of anilines is 2. The van der Waals surface area contributed by atoms with E-state index in [-0.39, 0.29) is 44.7 Å². The topological polar surface area (TPSA) is 211 Å². The number of nitrogens with one attached hydrogen (secondary N) is 1. The molecule has 0 unspecified atom stereocenters. The lowest BCUT2D eigenvalue weighted by molar-refractivity contribution is -0.160. The summed E-state index contributed by atoms with van der Waals surface area (Å²) in [5.41, 5.74) is 0.561. The highest BCUT2D eigenvalue weighted by molar-refractivity contribution is 6.21. The van der Waals surface area contributed by atoms with E-state index in [0.29, 0.717) is 12.2 Å². The van der Waals surface area contributed by atoms with Gasteiger partial charge in [-0.25, -0.2) is 0 Å². The number of likely N-dealkylation sites (N-methyl/N-ethyl adjacent to an activating group) is 1. The Morgan fingerprint density at radius 1 is 0.935 bits per heavy atom. The average Bonchev–Trinajstić information content (AvgIpc) is 3.51. The van der Waals surface area contributed by atoms with Gasteiger partial charge in [-0.1, -0.05) is 64.1 Å². The Morgan fingerprint density at radius 2 is 1.61 bits per heavy atom. The van der Waals surface area contributed by atoms with E-state index in [4.69, 9.17) is 23.7 Å². The van der Waals surface area contributed by atoms with E-state index in [2.05, 4.69) is 5.32 Å². The minimum absolute atomic E-state index is 0.0663. The summed E-state index contributed by atoms with van der Waals surface area (Å²) in [6, 6.07) is 10.2. The molecule has 0 aliphatic carbocycles. The number of hydrogen-bond donors (Lipinski definition) is 5. The van der Waals surface area contributed by atoms with E-state index in [9.17, 15) is 39.6 Å². The van der Waals surface area contributed by atoms with Crippen molar-refractivity contribution in [2.45, 2.75) is 92.5 Å². The first kappa shape index (κ1) is 47.2. The zero-order valence-electron chi connectivity index (χ0n) is 36.8. The monoisotopic (exact) mass is 858 g/mol. The quantitative estimate of drug-likeness (QED) is 0.127. The zero-order chi connectivity index (χ0) is 45.8. The van der Waals surface area contributed by atoms with Gasteiger partial charge in [-0.05, 0) is 39.0 Å². The highest BCUT2D eigenvalue weighted by Crippen LogP contribution is 2.54. The van der Waals surface area contributed by atoms with Crippen molar-refractivity contribution in [3.05, 3.63) is 83.7 Å². The summed E-state index contributed by atoms with van der Waals surface area (Å²) in [5, 5.41) is 48.6. The minimum atomic E-state index is -2.04. The number of Topliss-reactive ketones (excluding diaryl/α,β-unsaturated/α-hetero) is 1. The molecular weight excluding hydrogens is 801 g/mol. The Morgan fingerprint density at radius 3 is 2.24 bits per heavy atom. The van der Waals surface area contributed by atoms with Crippen LogP contribution in [-0.2, 0) is 28.6 Å². The lowest BCUT2D eigenvalue weighted by atomic mass is 9.78. The van der Waals surface area contributed by atoms with Crippen molar-refractivity contribution in [3.63, 3.8) is 0 Å². The van der Waals surface area contributed by atoms with Crippen LogP contribution in [0.4, 0.5) is 11.4 Å². The van der Waals surface area contributed by atoms with Gasteiger partial charge in [-0.15, -0.1) is 0 Å². The van der Waals surface area contributed by atoms with Crippen LogP contribution in [0.15, 0.2) is 72.5 Å². The number of ether oxygens (including phenoxy) is 5. The molecule has 0 radical (unpaired) electrons. The number of nitrogens with zero attached hydrogens (tertiary/aromatic N) is 1. The van der Waals surface area contributed by atoms with Crippen molar-refractivity contribution in [2.24, 2.45) is 23.7 Å². The number of hydrogen-bond acceptors (Lipinski definition) is 13. The number of aromatic hydroxyl groups is 2. The number of phenols is 2. The third-order valence-corrected chi connectivity index (χ3v) is 11.9. The maximum absolute atomic E-state index is 14.6. The van der Waals surface area contributed by atoms with Gasteiger partial charge in [-0.3, -0.25) is 19.2 Å². The number of esters is 1. The average molecular weight is 859 g/mol. The Kier molecular flexibility index (Phi) is 14.8. The Bertz CT molecular complexity index is 2270. The number of fused-ring (bicyclic) bond motifs is 14. The van der Waals surface area contributed by atoms with Gasteiger partial charge >= 0.3 is 11.8 Å². The van der Waals surface area contributed by atoms with Crippen molar-refractivity contribution in [1.29, 1.82) is 0 Å². The normalized spacial score (nSPS) is 28.9. The summed E-state index contributed by atoms with van der Waals surface area (Å²) in [4.78, 5) is 55.8. The largest absolute Gasteiger partial charge is 0.507 e. The van der Waals surface area contributed by atoms with Crippen LogP contribution >= 0.6 is 0 Å². The van der Waals surface area contributed by atoms with Gasteiger partial charge in [0.25, 0.3) is 17.6 Å². The van der Waals surface area contributed by atoms with E-state index in [1.807, 2.05) is 6.07 Å². The van der Waals surface area contributed by atoms with Crippen molar-refractivity contribution < 1.29 is 63.3 Å². The van der Waals surface area contributed by atoms with E-state index >= 15 is 0 Å². The molecule has 5 bridgehead atoms. The van der Waals surface area contributed by atoms with E-state index in [1.165, 1.54) is 64.2 Å². The number of carbonyl (C=O) groups is 4. The van der Waals surface area contributed by atoms with Crippen LogP contribution in [0.3, 0.4) is 0 Å². The van der Waals surface area contributed by atoms with Crippen molar-refractivity contribution in [1.82, 2.24) is 0 Å². The second-order valence-corrected chi connectivity index (χ2v) is 16.2. The summed E-state index contributed by atoms with van der Waals surface area (Å²) in [6.07, 6.45) is 3.55. The first-order chi connectivity index (χ1) is 29.3. The molecule has 3 heterocycles. The predicted molar refractivity (Wildman–Crippen MR) is 232 cm³/mol. The Labute approximate surface area is 361 Å². The molecule has 9 atom stereocenters. The summed E-state index contributed by atoms with van der Waals surface area (Å²) in [7, 11) is 1.44. The molecule has 15 nitrogen and oxygen atoms in total. The molecule has 6 rings (SSSR count). The van der Waals surface area contributed by atoms with Gasteiger partial charge in [0.1, 0.15) is 23.4 Å². The number of amides is 2. The highest BCUT2D eigenvalue weighted by atomic mass is 16.7. The zero-order valence-corrected chi connectivity index (χ0v) is 36.8. The number of para-hydroxylation sites is 1. The Hall–Kier alpha value is -5.90. The van der Waals surface area contributed by atoms with Crippen molar-refractivity contribution in [3.8, 4) is 23.0 Å². The van der Waals surface area contributed by atoms with Gasteiger partial charge in [0.15, 0.2) is 12.4 Å². The van der Waals surface area contributed by atoms with E-state index < -0.39 is 95.5 Å². The van der Waals surface area contributed by atoms with Crippen molar-refractivity contribution >= 4 is 45.7 Å². The third-order valence-electron chi connectivity index (χ3n) is 11.9. The van der Waals surface area contributed by atoms with Gasteiger partial charge in [0.05, 0.1) is 41.2 Å². The van der Waals surface area contributed by atoms with Crippen LogP contribution in [-0.4, -0.2) is 94.5 Å². The number of aliphatic hydroxyl groups is 2. The van der Waals surface area contributed by atoms with Crippen LogP contribution in [0.25, 0.3) is 10.8 Å². The number of rotatable bonds is 7. The molecular formula is C47H58N2O13. The number of methoxy groups -OCH3 is 1. The number of ketones is 1. The second kappa shape index (κ2) is 19.4. The first-order valence-corrected chi connectivity index (χ1v) is 20.6. The Balaban J connectivity index is 1.67. The fraction of sp³-hybridized carbons (Fsp3) is 0.447. The molecule has 62 heavy (non-hydrogen) atoms. The number of benzene rings is 3. The maximum Gasteiger partial charge on any atom is 0.312 e. The van der Waals surface area contributed by atoms with Gasteiger partial charge < -0.3 is 54.3 Å². The lowest BCUT2D eigenvalue weighted by Gasteiger charge is -2.38. The summed E-state index contributed by atoms with van der Waals surface area (Å²) in [5.74, 6) is -8.24. The van der Waals surface area contributed by atoms with E-state index in [0.717, 1.165) is 0 Å². The molecule has 0 fully saturated rings. The fourth-order valence-corrected chi connectivity index (χ4v) is 8.08. The summed E-state index contributed by atoms with van der Waals surface area (Å²) >= 11 is 0. The SMILES string of the molecule is CCN(C(=O)COc1cc2c(O)c3c(O)c(C)c4c(c13)C(=O)[C@@](C)(O/C=C\[C@H](OC)[C@@H](C)[C@@H](OC(C)=O)[C@H](C)[C@H](O)[C@H](C)[C@@H](O)[C@@H](C)/C=C\C=C(\C)C(=O)N2)O4)c1ccccc1. The van der Waals surface area contributed by atoms with Gasteiger partial charge in [0, 0.05) is 79.5 Å². The van der Waals surface area contributed by atoms with Gasteiger partial charge in [-0.2, -0.15) is 0 Å². The number of allylic oxidation sites excluding steroid dienone is 2. The minimum Gasteiger partial charge on any atom is -0.507 e. The number of carbonyl (C=O) groups excluding carboxylic acids is 4. The molecule has 0 spiro atoms. The third kappa shape index (κ3) is 9.44. The molecule has 2 amide bonds. The van der Waals surface area contributed by atoms with Crippen LogP contribution in [0.2, 0.25) is 0 Å². The molecule has 334 valence electrons. The van der Waals surface area contributed by atoms with Crippen LogP contribution in [0.1, 0.15) is 71.3 Å². The van der Waals surface area contributed by atoms with Crippen LogP contribution in [0, 0.1) is 30.6 Å². The van der Waals surface area contributed by atoms with Crippen LogP contribution < -0.4 is 19.7 Å². The molecule has 0 saturated heterocycles. The molecule has 0 saturated carbocycles. The molecule has 5 N–H and O–H groups in total. The molecule has 15 heteroatoms. The predicted octanol–water partition coefficient (Wildman–Crippen LogP) is 6.48. The van der Waals surface area contributed by atoms with E-state index in [1.54, 1.807) is 71.0 Å². The fourth-order valence-electron chi connectivity index (χ4n) is 8.08. The first-order valence-electron chi connectivity index (χ1n) is 20.6. The molecule has 0 aromatic heterocycles. The molecule has 3 aliphatic rings. The number of phenolic OH excluding ortho intramolecular Hbond substituents is 2. The smallest absolute Gasteiger partial charge is 0.312 e. The molecule has 3 aliphatic heterocycles. The molecule has 3 aromatic rings. The van der Waals surface area contributed by atoms with Crippen molar-refractivity contribution in [2.75, 3.05) is 30.5 Å². The maximum atomic E-state index is 14.6. The lowest BCUT2D eigenvalue weighted by Crippen LogP contribution is -2.46. The standard InChI is InChI=1S/C47H58N2O13/c1-11-49(31-18-13-12-14-19-31)35(51)23-59-34-22-32-42(55)37-36(34)38-44(29(7)41(37)54)62-47(9,45(38)56)60-21-20-33(58-10)26(4)43(61-30(8)50)28(6)40(53)27(5)39(52)24(2)16-15-17-25(3)46(57)48-32/h12-22,24,26-28,33,39-40,43,52-55H,11,23H2,1-10H3,(H,48,57)/b16-15-,21-20-,25-17-/t24-,26+,27+,28+,33-,39-,40+,43+,47-/m0/s1.